The van der Waals surface area contributed by atoms with Crippen molar-refractivity contribution in [1.82, 2.24) is 5.32 Å². The highest BCUT2D eigenvalue weighted by molar-refractivity contribution is 6.92. The van der Waals surface area contributed by atoms with E-state index in [4.69, 9.17) is 0 Å². The average molecular weight is 349 g/mol. The fourth-order valence-corrected chi connectivity index (χ4v) is 2.07. The highest BCUT2D eigenvalue weighted by atomic mass is 31.0. The Morgan fingerprint density at radius 3 is 1.54 bits per heavy atom. The van der Waals surface area contributed by atoms with Crippen molar-refractivity contribution in [1.29, 1.82) is 0 Å². The van der Waals surface area contributed by atoms with Crippen LogP contribution in [-0.2, 0) is 19.4 Å². The summed E-state index contributed by atoms with van der Waals surface area (Å²) in [5, 5.41) is 2.95. The highest BCUT2D eigenvalue weighted by Gasteiger charge is 2.04. The maximum atomic E-state index is 12.0. The van der Waals surface area contributed by atoms with Gasteiger partial charge in [-0.3, -0.25) is 4.79 Å². The summed E-state index contributed by atoms with van der Waals surface area (Å²) >= 11 is 0. The van der Waals surface area contributed by atoms with Gasteiger partial charge < -0.3 is 5.32 Å². The summed E-state index contributed by atoms with van der Waals surface area (Å²) in [5.41, 5.74) is 4.40. The van der Waals surface area contributed by atoms with Crippen LogP contribution in [0, 0.1) is 0 Å². The van der Waals surface area contributed by atoms with Crippen molar-refractivity contribution in [2.45, 2.75) is 55.5 Å². The number of hydrogen-bond acceptors (Lipinski definition) is 1. The Hall–Kier alpha value is -1.66. The Morgan fingerprint density at radius 1 is 0.750 bits per heavy atom. The summed E-state index contributed by atoms with van der Waals surface area (Å²) in [6.07, 6.45) is 2.03. The SMILES string of the molecule is C.C.C.CCc1ccc(CNC(=O)c2ccc(CC)cc2)cc1.P. The number of benzene rings is 2. The number of aryl methyl sites for hydroxylation is 2. The molecule has 136 valence electrons. The van der Waals surface area contributed by atoms with Gasteiger partial charge in [-0.1, -0.05) is 72.5 Å². The molecule has 0 aliphatic heterocycles. The van der Waals surface area contributed by atoms with E-state index in [0.29, 0.717) is 12.1 Å². The van der Waals surface area contributed by atoms with E-state index in [1.54, 1.807) is 0 Å². The van der Waals surface area contributed by atoms with Crippen LogP contribution in [-0.4, -0.2) is 5.91 Å². The molecule has 2 nitrogen and oxygen atoms in total. The molecule has 0 radical (unpaired) electrons. The van der Waals surface area contributed by atoms with Crippen LogP contribution in [0.2, 0.25) is 0 Å². The number of nitrogens with one attached hydrogen (secondary N) is 1. The van der Waals surface area contributed by atoms with Crippen molar-refractivity contribution in [3.8, 4) is 0 Å². The van der Waals surface area contributed by atoms with Gasteiger partial charge in [0.25, 0.3) is 5.91 Å². The molecule has 0 saturated carbocycles. The van der Waals surface area contributed by atoms with Gasteiger partial charge in [-0.15, -0.1) is 0 Å². The van der Waals surface area contributed by atoms with Gasteiger partial charge in [0.15, 0.2) is 0 Å². The third-order valence-electron chi connectivity index (χ3n) is 3.51. The van der Waals surface area contributed by atoms with Gasteiger partial charge in [-0.05, 0) is 41.7 Å². The van der Waals surface area contributed by atoms with Crippen LogP contribution in [0.1, 0.15) is 63.2 Å². The van der Waals surface area contributed by atoms with Crippen LogP contribution in [0.5, 0.6) is 0 Å². The van der Waals surface area contributed by atoms with Gasteiger partial charge in [0.05, 0.1) is 0 Å². The molecule has 1 amide bonds. The van der Waals surface area contributed by atoms with E-state index >= 15 is 0 Å². The van der Waals surface area contributed by atoms with Gasteiger partial charge in [0, 0.05) is 12.1 Å². The van der Waals surface area contributed by atoms with Crippen LogP contribution in [0.4, 0.5) is 0 Å². The molecule has 2 aromatic rings. The zero-order valence-electron chi connectivity index (χ0n) is 12.9. The second-order valence-corrected chi connectivity index (χ2v) is 4.90. The Morgan fingerprint density at radius 2 is 1.12 bits per heavy atom. The van der Waals surface area contributed by atoms with Crippen molar-refractivity contribution in [2.75, 3.05) is 0 Å². The van der Waals surface area contributed by atoms with E-state index in [0.717, 1.165) is 18.4 Å². The third-order valence-corrected chi connectivity index (χ3v) is 3.51. The van der Waals surface area contributed by atoms with Crippen molar-refractivity contribution >= 4 is 15.8 Å². The standard InChI is InChI=1S/C18H21NO.3CH4.H3P/c1-3-14-5-7-16(8-6-14)13-19-18(20)17-11-9-15(4-2)10-12-17;;;;/h5-12H,3-4,13H2,1-2H3,(H,19,20);3*1H4;1H3. The quantitative estimate of drug-likeness (QED) is 0.688. The first-order valence-electron chi connectivity index (χ1n) is 7.18. The monoisotopic (exact) mass is 349 g/mol. The van der Waals surface area contributed by atoms with E-state index in [1.165, 1.54) is 11.1 Å². The van der Waals surface area contributed by atoms with Crippen LogP contribution < -0.4 is 5.32 Å². The average Bonchev–Trinajstić information content (AvgIpc) is 2.53. The molecule has 2 aromatic carbocycles. The summed E-state index contributed by atoms with van der Waals surface area (Å²) in [6, 6.07) is 16.1. The maximum absolute atomic E-state index is 12.0. The predicted octanol–water partition coefficient (Wildman–Crippen LogP) is 5.71. The van der Waals surface area contributed by atoms with Crippen LogP contribution in [0.25, 0.3) is 0 Å². The Labute approximate surface area is 152 Å². The fraction of sp³-hybridized carbons (Fsp3) is 0.381. The molecule has 3 heteroatoms. The highest BCUT2D eigenvalue weighted by Crippen LogP contribution is 2.07. The van der Waals surface area contributed by atoms with Crippen molar-refractivity contribution in [2.24, 2.45) is 0 Å². The zero-order chi connectivity index (χ0) is 14.4. The van der Waals surface area contributed by atoms with E-state index in [2.05, 4.69) is 43.4 Å². The Kier molecular flexibility index (Phi) is 15.6. The second kappa shape index (κ2) is 13.7. The molecule has 2 rings (SSSR count). The molecule has 1 N–H and O–H groups in total. The molecule has 0 bridgehead atoms. The van der Waals surface area contributed by atoms with E-state index in [9.17, 15) is 4.79 Å². The predicted molar refractivity (Wildman–Crippen MR) is 114 cm³/mol. The van der Waals surface area contributed by atoms with Gasteiger partial charge in [0.2, 0.25) is 0 Å². The summed E-state index contributed by atoms with van der Waals surface area (Å²) in [4.78, 5) is 12.0. The van der Waals surface area contributed by atoms with Gasteiger partial charge in [0.1, 0.15) is 0 Å². The number of rotatable bonds is 5. The van der Waals surface area contributed by atoms with Gasteiger partial charge in [-0.25, -0.2) is 0 Å². The normalized spacial score (nSPS) is 8.58. The van der Waals surface area contributed by atoms with Crippen molar-refractivity contribution in [3.63, 3.8) is 0 Å². The minimum Gasteiger partial charge on any atom is -0.348 e. The topological polar surface area (TPSA) is 29.1 Å². The molecular formula is C21H36NOP. The number of amides is 1. The van der Waals surface area contributed by atoms with Crippen molar-refractivity contribution < 1.29 is 4.79 Å². The molecule has 24 heavy (non-hydrogen) atoms. The van der Waals surface area contributed by atoms with Gasteiger partial charge in [-0.2, -0.15) is 9.90 Å². The van der Waals surface area contributed by atoms with Crippen molar-refractivity contribution in [3.05, 3.63) is 70.8 Å². The number of carbonyl (C=O) groups is 1. The molecule has 1 unspecified atom stereocenters. The van der Waals surface area contributed by atoms with E-state index in [-0.39, 0.29) is 38.1 Å². The molecule has 0 aliphatic rings. The van der Waals surface area contributed by atoms with E-state index < -0.39 is 0 Å². The van der Waals surface area contributed by atoms with Crippen LogP contribution in [0.15, 0.2) is 48.5 Å². The molecule has 0 heterocycles. The maximum Gasteiger partial charge on any atom is 0.251 e. The number of hydrogen-bond donors (Lipinski definition) is 1. The summed E-state index contributed by atoms with van der Waals surface area (Å²) in [7, 11) is 0. The molecule has 1 atom stereocenters. The smallest absolute Gasteiger partial charge is 0.251 e. The summed E-state index contributed by atoms with van der Waals surface area (Å²) in [5.74, 6) is -0.0211. The number of carbonyl (C=O) groups excluding carboxylic acids is 1. The van der Waals surface area contributed by atoms with Gasteiger partial charge >= 0.3 is 0 Å². The first-order valence-corrected chi connectivity index (χ1v) is 7.18. The second-order valence-electron chi connectivity index (χ2n) is 4.90. The lowest BCUT2D eigenvalue weighted by Crippen LogP contribution is -2.22. The minimum atomic E-state index is -0.0211. The summed E-state index contributed by atoms with van der Waals surface area (Å²) in [6.45, 7) is 4.81. The lowest BCUT2D eigenvalue weighted by atomic mass is 10.1. The first-order chi connectivity index (χ1) is 9.72. The Balaban J connectivity index is -0.00000110. The minimum absolute atomic E-state index is 0. The summed E-state index contributed by atoms with van der Waals surface area (Å²) < 4.78 is 0. The molecule has 0 aliphatic carbocycles. The van der Waals surface area contributed by atoms with E-state index in [1.807, 2.05) is 24.3 Å². The molecule has 0 aromatic heterocycles. The Bertz CT molecular complexity index is 561. The first kappa shape index (κ1) is 27.2. The fourth-order valence-electron chi connectivity index (χ4n) is 2.07. The van der Waals surface area contributed by atoms with Crippen LogP contribution >= 0.6 is 9.90 Å². The third kappa shape index (κ3) is 7.75. The zero-order valence-corrected chi connectivity index (χ0v) is 14.3. The molecule has 0 fully saturated rings. The lowest BCUT2D eigenvalue weighted by Gasteiger charge is -2.07. The lowest BCUT2D eigenvalue weighted by molar-refractivity contribution is 0.0951. The largest absolute Gasteiger partial charge is 0.348 e. The van der Waals surface area contributed by atoms with Crippen LogP contribution in [0.3, 0.4) is 0 Å². The molecule has 0 spiro atoms. The molecule has 0 saturated heterocycles. The molecular weight excluding hydrogens is 313 g/mol.